The third kappa shape index (κ3) is 4.14. The van der Waals surface area contributed by atoms with Crippen LogP contribution >= 0.6 is 11.8 Å². The van der Waals surface area contributed by atoms with Gasteiger partial charge in [0.05, 0.1) is 13.2 Å². The fraction of sp³-hybridized carbons (Fsp3) is 0.500. The zero-order valence-corrected chi connectivity index (χ0v) is 10.1. The Bertz CT molecular complexity index is 271. The Labute approximate surface area is 95.7 Å². The number of aliphatic hydroxyl groups excluding tert-OH is 1. The normalized spacial score (nSPS) is 12.5. The van der Waals surface area contributed by atoms with Gasteiger partial charge in [0.15, 0.2) is 0 Å². The molecule has 0 aliphatic rings. The molecule has 1 N–H and O–H groups in total. The summed E-state index contributed by atoms with van der Waals surface area (Å²) in [6.45, 7) is 0. The van der Waals surface area contributed by atoms with Crippen LogP contribution in [0.25, 0.3) is 0 Å². The average molecular weight is 226 g/mol. The number of rotatable bonds is 6. The summed E-state index contributed by atoms with van der Waals surface area (Å²) in [5.41, 5.74) is 0.969. The van der Waals surface area contributed by atoms with Crippen LogP contribution in [0.2, 0.25) is 0 Å². The maximum atomic E-state index is 9.86. The molecule has 0 radical (unpaired) electrons. The molecule has 1 unspecified atom stereocenters. The third-order valence-corrected chi connectivity index (χ3v) is 3.02. The number of ether oxygens (including phenoxy) is 1. The SMILES string of the molecule is COc1ccc(C(O)CCCSC)cc1. The molecule has 0 saturated heterocycles. The summed E-state index contributed by atoms with van der Waals surface area (Å²) in [5.74, 6) is 1.93. The Hall–Kier alpha value is -0.670. The molecule has 0 aliphatic carbocycles. The van der Waals surface area contributed by atoms with Gasteiger partial charge in [-0.25, -0.2) is 0 Å². The van der Waals surface area contributed by atoms with E-state index in [1.165, 1.54) is 0 Å². The van der Waals surface area contributed by atoms with Gasteiger partial charge in [0.1, 0.15) is 5.75 Å². The molecular weight excluding hydrogens is 208 g/mol. The van der Waals surface area contributed by atoms with E-state index < -0.39 is 0 Å². The van der Waals surface area contributed by atoms with Crippen molar-refractivity contribution in [3.63, 3.8) is 0 Å². The molecule has 0 saturated carbocycles. The first kappa shape index (κ1) is 12.4. The summed E-state index contributed by atoms with van der Waals surface area (Å²) in [5, 5.41) is 9.86. The Morgan fingerprint density at radius 1 is 1.33 bits per heavy atom. The molecule has 3 heteroatoms. The predicted molar refractivity (Wildman–Crippen MR) is 65.6 cm³/mol. The molecule has 2 nitrogen and oxygen atoms in total. The van der Waals surface area contributed by atoms with E-state index in [4.69, 9.17) is 4.74 Å². The van der Waals surface area contributed by atoms with E-state index in [1.54, 1.807) is 7.11 Å². The first-order valence-electron chi connectivity index (χ1n) is 5.09. The fourth-order valence-corrected chi connectivity index (χ4v) is 1.87. The largest absolute Gasteiger partial charge is 0.497 e. The van der Waals surface area contributed by atoms with Crippen LogP contribution in [0.15, 0.2) is 24.3 Å². The molecule has 1 atom stereocenters. The van der Waals surface area contributed by atoms with Crippen molar-refractivity contribution in [1.82, 2.24) is 0 Å². The van der Waals surface area contributed by atoms with E-state index in [9.17, 15) is 5.11 Å². The van der Waals surface area contributed by atoms with Crippen LogP contribution in [0.4, 0.5) is 0 Å². The Balaban J connectivity index is 2.46. The minimum absolute atomic E-state index is 0.344. The Morgan fingerprint density at radius 2 is 2.00 bits per heavy atom. The first-order chi connectivity index (χ1) is 7.27. The van der Waals surface area contributed by atoms with Gasteiger partial charge in [0.2, 0.25) is 0 Å². The molecule has 15 heavy (non-hydrogen) atoms. The van der Waals surface area contributed by atoms with Gasteiger partial charge in [-0.2, -0.15) is 11.8 Å². The van der Waals surface area contributed by atoms with Crippen molar-refractivity contribution >= 4 is 11.8 Å². The highest BCUT2D eigenvalue weighted by Crippen LogP contribution is 2.21. The minimum Gasteiger partial charge on any atom is -0.497 e. The first-order valence-corrected chi connectivity index (χ1v) is 6.48. The van der Waals surface area contributed by atoms with E-state index in [2.05, 4.69) is 6.26 Å². The van der Waals surface area contributed by atoms with Gasteiger partial charge in [-0.1, -0.05) is 12.1 Å². The fourth-order valence-electron chi connectivity index (χ4n) is 1.41. The maximum absolute atomic E-state index is 9.86. The van der Waals surface area contributed by atoms with Gasteiger partial charge in [0.25, 0.3) is 0 Å². The molecule has 1 rings (SSSR count). The monoisotopic (exact) mass is 226 g/mol. The highest BCUT2D eigenvalue weighted by Gasteiger charge is 2.06. The predicted octanol–water partition coefficient (Wildman–Crippen LogP) is 2.87. The lowest BCUT2D eigenvalue weighted by molar-refractivity contribution is 0.167. The second-order valence-electron chi connectivity index (χ2n) is 3.42. The number of aliphatic hydroxyl groups is 1. The third-order valence-electron chi connectivity index (χ3n) is 2.33. The zero-order chi connectivity index (χ0) is 11.1. The lowest BCUT2D eigenvalue weighted by Crippen LogP contribution is -1.98. The van der Waals surface area contributed by atoms with Crippen molar-refractivity contribution in [2.24, 2.45) is 0 Å². The molecule has 0 bridgehead atoms. The number of hydrogen-bond donors (Lipinski definition) is 1. The summed E-state index contributed by atoms with van der Waals surface area (Å²) in [4.78, 5) is 0. The molecule has 0 aromatic heterocycles. The van der Waals surface area contributed by atoms with Crippen LogP contribution in [0.5, 0.6) is 5.75 Å². The number of thioether (sulfide) groups is 1. The number of hydrogen-bond acceptors (Lipinski definition) is 3. The summed E-state index contributed by atoms with van der Waals surface area (Å²) in [6.07, 6.45) is 3.62. The molecular formula is C12H18O2S. The minimum atomic E-state index is -0.344. The molecule has 0 fully saturated rings. The van der Waals surface area contributed by atoms with Gasteiger partial charge in [-0.15, -0.1) is 0 Å². The Morgan fingerprint density at radius 3 is 2.53 bits per heavy atom. The van der Waals surface area contributed by atoms with Crippen molar-refractivity contribution in [2.75, 3.05) is 19.1 Å². The van der Waals surface area contributed by atoms with Gasteiger partial charge < -0.3 is 9.84 Å². The van der Waals surface area contributed by atoms with Gasteiger partial charge >= 0.3 is 0 Å². The summed E-state index contributed by atoms with van der Waals surface area (Å²) in [7, 11) is 1.64. The Kier molecular flexibility index (Phi) is 5.58. The van der Waals surface area contributed by atoms with Gasteiger partial charge in [-0.3, -0.25) is 0 Å². The summed E-state index contributed by atoms with van der Waals surface area (Å²) < 4.78 is 5.06. The van der Waals surface area contributed by atoms with Gasteiger partial charge in [-0.05, 0) is 42.5 Å². The van der Waals surface area contributed by atoms with Crippen molar-refractivity contribution in [2.45, 2.75) is 18.9 Å². The van der Waals surface area contributed by atoms with Crippen LogP contribution in [0, 0.1) is 0 Å². The van der Waals surface area contributed by atoms with E-state index >= 15 is 0 Å². The second kappa shape index (κ2) is 6.75. The molecule has 84 valence electrons. The summed E-state index contributed by atoms with van der Waals surface area (Å²) >= 11 is 1.81. The lowest BCUT2D eigenvalue weighted by Gasteiger charge is -2.10. The molecule has 0 aliphatic heterocycles. The number of benzene rings is 1. The summed E-state index contributed by atoms with van der Waals surface area (Å²) in [6, 6.07) is 7.60. The van der Waals surface area contributed by atoms with Gasteiger partial charge in [0, 0.05) is 0 Å². The van der Waals surface area contributed by atoms with Crippen LogP contribution in [-0.4, -0.2) is 24.2 Å². The average Bonchev–Trinajstić information content (AvgIpc) is 2.29. The smallest absolute Gasteiger partial charge is 0.118 e. The van der Waals surface area contributed by atoms with Crippen LogP contribution in [0.1, 0.15) is 24.5 Å². The standard InChI is InChI=1S/C12H18O2S/c1-14-11-7-5-10(6-8-11)12(13)4-3-9-15-2/h5-8,12-13H,3-4,9H2,1-2H3. The van der Waals surface area contributed by atoms with E-state index in [1.807, 2.05) is 36.0 Å². The highest BCUT2D eigenvalue weighted by atomic mass is 32.2. The topological polar surface area (TPSA) is 29.5 Å². The highest BCUT2D eigenvalue weighted by molar-refractivity contribution is 7.98. The molecule has 1 aromatic carbocycles. The van der Waals surface area contributed by atoms with Crippen LogP contribution < -0.4 is 4.74 Å². The molecule has 0 spiro atoms. The van der Waals surface area contributed by atoms with E-state index in [0.717, 1.165) is 29.9 Å². The van der Waals surface area contributed by atoms with Crippen LogP contribution in [-0.2, 0) is 0 Å². The van der Waals surface area contributed by atoms with Crippen molar-refractivity contribution in [1.29, 1.82) is 0 Å². The van der Waals surface area contributed by atoms with Crippen molar-refractivity contribution < 1.29 is 9.84 Å². The second-order valence-corrected chi connectivity index (χ2v) is 4.41. The quantitative estimate of drug-likeness (QED) is 0.756. The van der Waals surface area contributed by atoms with Crippen molar-refractivity contribution in [3.05, 3.63) is 29.8 Å². The van der Waals surface area contributed by atoms with E-state index in [-0.39, 0.29) is 6.10 Å². The van der Waals surface area contributed by atoms with E-state index in [0.29, 0.717) is 0 Å². The zero-order valence-electron chi connectivity index (χ0n) is 9.27. The maximum Gasteiger partial charge on any atom is 0.118 e. The van der Waals surface area contributed by atoms with Crippen molar-refractivity contribution in [3.8, 4) is 5.75 Å². The van der Waals surface area contributed by atoms with Crippen LogP contribution in [0.3, 0.4) is 0 Å². The molecule has 1 aromatic rings. The molecule has 0 heterocycles. The number of methoxy groups -OCH3 is 1. The molecule has 0 amide bonds. The lowest BCUT2D eigenvalue weighted by atomic mass is 10.1.